The first-order valence-corrected chi connectivity index (χ1v) is 7.36. The summed E-state index contributed by atoms with van der Waals surface area (Å²) in [6.07, 6.45) is 0.994. The Morgan fingerprint density at radius 3 is 2.90 bits per heavy atom. The molecule has 1 N–H and O–H groups in total. The van der Waals surface area contributed by atoms with E-state index in [9.17, 15) is 13.2 Å². The van der Waals surface area contributed by atoms with Gasteiger partial charge < -0.3 is 9.42 Å². The van der Waals surface area contributed by atoms with Gasteiger partial charge in [0.15, 0.2) is 0 Å². The van der Waals surface area contributed by atoms with Gasteiger partial charge in [-0.3, -0.25) is 4.55 Å². The van der Waals surface area contributed by atoms with Crippen molar-refractivity contribution in [2.24, 2.45) is 0 Å². The molecule has 2 atom stereocenters. The van der Waals surface area contributed by atoms with Gasteiger partial charge in [0.25, 0.3) is 0 Å². The molecule has 2 aliphatic heterocycles. The third-order valence-electron chi connectivity index (χ3n) is 3.46. The highest BCUT2D eigenvalue weighted by Gasteiger charge is 2.48. The molecule has 2 fully saturated rings. The minimum atomic E-state index is -4.76. The average molecular weight is 314 g/mol. The summed E-state index contributed by atoms with van der Waals surface area (Å²) in [5.41, 5.74) is 0.432. The molecule has 10 nitrogen and oxygen atoms in total. The van der Waals surface area contributed by atoms with Gasteiger partial charge in [-0.2, -0.15) is 18.3 Å². The molecule has 0 radical (unpaired) electrons. The third kappa shape index (κ3) is 2.44. The van der Waals surface area contributed by atoms with Crippen molar-refractivity contribution in [1.29, 1.82) is 0 Å². The van der Waals surface area contributed by atoms with Crippen LogP contribution in [-0.4, -0.2) is 46.7 Å². The molecule has 0 aromatic carbocycles. The fourth-order valence-corrected chi connectivity index (χ4v) is 3.02. The minimum absolute atomic E-state index is 0.0183. The van der Waals surface area contributed by atoms with E-state index >= 15 is 0 Å². The lowest BCUT2D eigenvalue weighted by Crippen LogP contribution is -2.35. The van der Waals surface area contributed by atoms with Gasteiger partial charge >= 0.3 is 22.3 Å². The monoisotopic (exact) mass is 314 g/mol. The Kier molecular flexibility index (Phi) is 3.08. The summed E-state index contributed by atoms with van der Waals surface area (Å²) in [4.78, 5) is 16.6. The molecule has 1 aromatic heterocycles. The number of amides is 2. The smallest absolute Gasteiger partial charge is 0.371 e. The maximum absolute atomic E-state index is 12.2. The number of urea groups is 1. The van der Waals surface area contributed by atoms with E-state index in [4.69, 9.17) is 15.6 Å². The van der Waals surface area contributed by atoms with Crippen LogP contribution in [0, 0.1) is 6.57 Å². The normalized spacial score (nSPS) is 25.2. The molecule has 3 heterocycles. The summed E-state index contributed by atoms with van der Waals surface area (Å²) in [5, 5.41) is 4.41. The van der Waals surface area contributed by atoms with Crippen molar-refractivity contribution in [2.45, 2.75) is 24.9 Å². The Morgan fingerprint density at radius 1 is 1.52 bits per heavy atom. The number of nitrogens with zero attached hydrogens (tertiary/aromatic N) is 4. The van der Waals surface area contributed by atoms with Crippen molar-refractivity contribution in [3.8, 4) is 0 Å². The molecule has 0 saturated carbocycles. The number of carbonyl (C=O) groups is 1. The van der Waals surface area contributed by atoms with E-state index in [1.807, 2.05) is 0 Å². The molecule has 0 unspecified atom stereocenters. The van der Waals surface area contributed by atoms with Gasteiger partial charge in [0.1, 0.15) is 0 Å². The first kappa shape index (κ1) is 13.8. The van der Waals surface area contributed by atoms with E-state index in [1.54, 1.807) is 0 Å². The lowest BCUT2D eigenvalue weighted by molar-refractivity contribution is -0.0317. The van der Waals surface area contributed by atoms with Crippen LogP contribution in [0.3, 0.4) is 0 Å². The summed E-state index contributed by atoms with van der Waals surface area (Å²) in [6, 6.07) is -0.101. The molecular weight excluding hydrogens is 304 g/mol. The van der Waals surface area contributed by atoms with Crippen LogP contribution < -0.4 is 0 Å². The van der Waals surface area contributed by atoms with E-state index in [-0.39, 0.29) is 12.4 Å². The topological polar surface area (TPSA) is 118 Å². The van der Waals surface area contributed by atoms with E-state index in [1.165, 1.54) is 11.0 Å². The predicted molar refractivity (Wildman–Crippen MR) is 65.1 cm³/mol. The van der Waals surface area contributed by atoms with Crippen molar-refractivity contribution < 1.29 is 26.6 Å². The van der Waals surface area contributed by atoms with Gasteiger partial charge in [0.2, 0.25) is 0 Å². The van der Waals surface area contributed by atoms with Gasteiger partial charge in [0, 0.05) is 12.6 Å². The number of carbonyl (C=O) groups excluding carboxylic acids is 1. The van der Waals surface area contributed by atoms with E-state index in [0.29, 0.717) is 23.6 Å². The second kappa shape index (κ2) is 4.69. The minimum Gasteiger partial charge on any atom is -0.371 e. The molecule has 3 rings (SSSR count). The van der Waals surface area contributed by atoms with Crippen molar-refractivity contribution in [2.75, 3.05) is 6.54 Å². The summed E-state index contributed by atoms with van der Waals surface area (Å²) >= 11 is 0. The number of aromatic nitrogens is 1. The van der Waals surface area contributed by atoms with Crippen LogP contribution in [0.5, 0.6) is 0 Å². The summed E-state index contributed by atoms with van der Waals surface area (Å²) < 4.78 is 39.4. The molecule has 0 aliphatic carbocycles. The van der Waals surface area contributed by atoms with Crippen molar-refractivity contribution in [1.82, 2.24) is 15.1 Å². The second-order valence-electron chi connectivity index (χ2n) is 4.71. The van der Waals surface area contributed by atoms with Crippen LogP contribution in [0.1, 0.15) is 24.6 Å². The first-order valence-electron chi connectivity index (χ1n) is 6.00. The summed E-state index contributed by atoms with van der Waals surface area (Å²) in [7, 11) is -4.76. The van der Waals surface area contributed by atoms with Gasteiger partial charge in [-0.05, 0) is 12.8 Å². The Labute approximate surface area is 119 Å². The average Bonchev–Trinajstić information content (AvgIpc) is 2.98. The molecule has 11 heteroatoms. The highest BCUT2D eigenvalue weighted by atomic mass is 32.3. The van der Waals surface area contributed by atoms with E-state index in [2.05, 4.69) is 14.3 Å². The highest BCUT2D eigenvalue weighted by molar-refractivity contribution is 7.80. The van der Waals surface area contributed by atoms with Crippen LogP contribution in [0.4, 0.5) is 10.7 Å². The van der Waals surface area contributed by atoms with Gasteiger partial charge in [-0.15, -0.1) is 4.28 Å². The molecule has 112 valence electrons. The fourth-order valence-electron chi connectivity index (χ4n) is 2.63. The van der Waals surface area contributed by atoms with Crippen LogP contribution in [0.2, 0.25) is 0 Å². The third-order valence-corrected chi connectivity index (χ3v) is 3.81. The highest BCUT2D eigenvalue weighted by Crippen LogP contribution is 2.39. The quantitative estimate of drug-likeness (QED) is 0.650. The summed E-state index contributed by atoms with van der Waals surface area (Å²) in [5.74, 6) is 0.0183. The molecule has 2 bridgehead atoms. The first-order chi connectivity index (χ1) is 9.89. The molecular formula is C10H10N4O6S. The SMILES string of the molecule is [C-]#[N+]c1cc([C@@H]2CC[C@@H]3CN2C(=O)N3OS(=O)(=O)O)no1. The predicted octanol–water partition coefficient (Wildman–Crippen LogP) is 0.901. The maximum Gasteiger partial charge on any atom is 0.418 e. The Hall–Kier alpha value is -2.16. The standard InChI is InChI=1S/C10H10N4O6S/c1-11-9-4-7(12-19-9)8-3-2-6-5-13(8)10(15)14(6)20-21(16,17)18/h4,6,8H,2-3,5H2,(H,16,17,18)/t6-,8+/m1/s1. The number of hydrogen-bond acceptors (Lipinski definition) is 6. The van der Waals surface area contributed by atoms with Crippen molar-refractivity contribution >= 4 is 22.3 Å². The van der Waals surface area contributed by atoms with Gasteiger partial charge in [-0.25, -0.2) is 4.79 Å². The molecule has 2 aliphatic rings. The van der Waals surface area contributed by atoms with Crippen LogP contribution in [0.25, 0.3) is 4.85 Å². The maximum atomic E-state index is 12.2. The number of piperidine rings is 1. The Morgan fingerprint density at radius 2 is 2.29 bits per heavy atom. The molecule has 2 saturated heterocycles. The lowest BCUT2D eigenvalue weighted by atomic mass is 9.98. The zero-order valence-electron chi connectivity index (χ0n) is 10.5. The Bertz CT molecular complexity index is 722. The van der Waals surface area contributed by atoms with E-state index in [0.717, 1.165) is 0 Å². The molecule has 1 aromatic rings. The number of hydrogen-bond donors (Lipinski definition) is 1. The molecule has 0 spiro atoms. The largest absolute Gasteiger partial charge is 0.418 e. The fraction of sp³-hybridized carbons (Fsp3) is 0.500. The molecule has 21 heavy (non-hydrogen) atoms. The number of hydroxylamine groups is 2. The van der Waals surface area contributed by atoms with Gasteiger partial charge in [-0.1, -0.05) is 5.16 Å². The Balaban J connectivity index is 1.84. The number of fused-ring (bicyclic) bond motifs is 2. The van der Waals surface area contributed by atoms with Gasteiger partial charge in [0.05, 0.1) is 24.3 Å². The van der Waals surface area contributed by atoms with Crippen LogP contribution >= 0.6 is 0 Å². The van der Waals surface area contributed by atoms with Crippen molar-refractivity contribution in [3.63, 3.8) is 0 Å². The second-order valence-corrected chi connectivity index (χ2v) is 5.72. The zero-order valence-corrected chi connectivity index (χ0v) is 11.4. The van der Waals surface area contributed by atoms with Crippen molar-refractivity contribution in [3.05, 3.63) is 23.2 Å². The zero-order chi connectivity index (χ0) is 15.2. The number of rotatable bonds is 3. The summed E-state index contributed by atoms with van der Waals surface area (Å²) in [6.45, 7) is 7.08. The lowest BCUT2D eigenvalue weighted by Gasteiger charge is -2.28. The molecule has 2 amide bonds. The van der Waals surface area contributed by atoms with E-state index < -0.39 is 28.5 Å². The van der Waals surface area contributed by atoms with Crippen LogP contribution in [0.15, 0.2) is 10.6 Å². The van der Waals surface area contributed by atoms with Crippen LogP contribution in [-0.2, 0) is 14.7 Å².